The molecular formula is C29H30F3N3O2. The molecular weight excluding hydrogens is 479 g/mol. The van der Waals surface area contributed by atoms with E-state index in [1.165, 1.54) is 12.1 Å². The van der Waals surface area contributed by atoms with E-state index < -0.39 is 17.6 Å². The zero-order valence-corrected chi connectivity index (χ0v) is 21.5. The minimum absolute atomic E-state index is 0.113. The van der Waals surface area contributed by atoms with Crippen molar-refractivity contribution in [1.82, 2.24) is 9.55 Å². The molecule has 0 saturated carbocycles. The van der Waals surface area contributed by atoms with Gasteiger partial charge in [-0.05, 0) is 66.9 Å². The summed E-state index contributed by atoms with van der Waals surface area (Å²) in [7, 11) is 1.71. The molecule has 4 aromatic rings. The van der Waals surface area contributed by atoms with Gasteiger partial charge in [0.05, 0.1) is 11.1 Å². The van der Waals surface area contributed by atoms with E-state index in [9.17, 15) is 22.8 Å². The summed E-state index contributed by atoms with van der Waals surface area (Å²) in [6.07, 6.45) is -1.03. The number of carbonyl (C=O) groups excluding carboxylic acids is 1. The summed E-state index contributed by atoms with van der Waals surface area (Å²) in [5.74, 6) is -0.676. The zero-order valence-electron chi connectivity index (χ0n) is 21.5. The van der Waals surface area contributed by atoms with Crippen molar-refractivity contribution >= 4 is 22.5 Å². The van der Waals surface area contributed by atoms with Gasteiger partial charge in [-0.3, -0.25) is 14.6 Å². The molecule has 0 spiro atoms. The number of anilines is 1. The number of halogens is 3. The lowest BCUT2D eigenvalue weighted by Gasteiger charge is -2.14. The summed E-state index contributed by atoms with van der Waals surface area (Å²) >= 11 is 0. The number of alkyl halides is 3. The van der Waals surface area contributed by atoms with Crippen molar-refractivity contribution in [3.05, 3.63) is 93.5 Å². The molecule has 1 amide bonds. The average molecular weight is 510 g/mol. The van der Waals surface area contributed by atoms with Gasteiger partial charge in [-0.15, -0.1) is 0 Å². The van der Waals surface area contributed by atoms with Gasteiger partial charge in [-0.25, -0.2) is 0 Å². The predicted molar refractivity (Wildman–Crippen MR) is 142 cm³/mol. The third kappa shape index (κ3) is 6.07. The molecule has 0 bridgehead atoms. The monoisotopic (exact) mass is 509 g/mol. The molecule has 0 aliphatic carbocycles. The molecule has 0 radical (unpaired) electrons. The number of carbonyl (C=O) groups is 1. The molecule has 2 heterocycles. The fourth-order valence-corrected chi connectivity index (χ4v) is 4.02. The maximum atomic E-state index is 13.2. The van der Waals surface area contributed by atoms with Crippen molar-refractivity contribution < 1.29 is 18.0 Å². The van der Waals surface area contributed by atoms with Crippen LogP contribution in [0.5, 0.6) is 0 Å². The Morgan fingerprint density at radius 3 is 2.43 bits per heavy atom. The van der Waals surface area contributed by atoms with Gasteiger partial charge < -0.3 is 9.88 Å². The van der Waals surface area contributed by atoms with Crippen LogP contribution in [0.2, 0.25) is 0 Å². The summed E-state index contributed by atoms with van der Waals surface area (Å²) in [5, 5.41) is 3.44. The molecule has 0 aliphatic rings. The number of rotatable bonds is 5. The predicted octanol–water partition coefficient (Wildman–Crippen LogP) is 7.16. The van der Waals surface area contributed by atoms with Gasteiger partial charge in [-0.2, -0.15) is 13.2 Å². The number of nitrogens with one attached hydrogen (secondary N) is 1. The Labute approximate surface area is 214 Å². The molecule has 0 unspecified atom stereocenters. The first-order valence-electron chi connectivity index (χ1n) is 12.2. The number of pyridine rings is 2. The highest BCUT2D eigenvalue weighted by Crippen LogP contribution is 2.30. The van der Waals surface area contributed by atoms with E-state index in [1.54, 1.807) is 42.1 Å². The van der Waals surface area contributed by atoms with Gasteiger partial charge in [0.25, 0.3) is 11.5 Å². The Morgan fingerprint density at radius 2 is 1.76 bits per heavy atom. The summed E-state index contributed by atoms with van der Waals surface area (Å²) in [6.45, 7) is 7.91. The third-order valence-corrected chi connectivity index (χ3v) is 5.91. The molecule has 5 nitrogen and oxygen atoms in total. The number of hydrogen-bond donors (Lipinski definition) is 1. The van der Waals surface area contributed by atoms with Crippen molar-refractivity contribution in [2.45, 2.75) is 46.7 Å². The van der Waals surface area contributed by atoms with Gasteiger partial charge in [0, 0.05) is 41.1 Å². The Balaban J connectivity index is 0.00000186. The lowest BCUT2D eigenvalue weighted by molar-refractivity contribution is -0.137. The molecule has 2 aromatic carbocycles. The van der Waals surface area contributed by atoms with Crippen LogP contribution in [0.1, 0.15) is 54.4 Å². The molecule has 0 aliphatic heterocycles. The SMILES string of the molecule is CC.CCCc1cc2c(cn1)cc(-c1cc(NC(=O)c3cccc(C(F)(F)F)c3)ccc1C)c(=O)n2C. The van der Waals surface area contributed by atoms with E-state index >= 15 is 0 Å². The molecule has 0 fully saturated rings. The third-order valence-electron chi connectivity index (χ3n) is 5.91. The van der Waals surface area contributed by atoms with Gasteiger partial charge in [0.15, 0.2) is 0 Å². The Bertz CT molecular complexity index is 1490. The maximum Gasteiger partial charge on any atom is 0.416 e. The van der Waals surface area contributed by atoms with Crippen LogP contribution in [-0.2, 0) is 19.6 Å². The van der Waals surface area contributed by atoms with Crippen molar-refractivity contribution in [2.24, 2.45) is 7.05 Å². The Kier molecular flexibility index (Phi) is 8.53. The highest BCUT2D eigenvalue weighted by molar-refractivity contribution is 6.04. The summed E-state index contributed by atoms with van der Waals surface area (Å²) in [4.78, 5) is 30.4. The molecule has 2 aromatic heterocycles. The highest BCUT2D eigenvalue weighted by Gasteiger charge is 2.31. The van der Waals surface area contributed by atoms with E-state index in [1.807, 2.05) is 26.8 Å². The number of hydrogen-bond acceptors (Lipinski definition) is 3. The normalized spacial score (nSPS) is 11.1. The Morgan fingerprint density at radius 1 is 1.03 bits per heavy atom. The second kappa shape index (κ2) is 11.4. The quantitative estimate of drug-likeness (QED) is 0.311. The molecule has 37 heavy (non-hydrogen) atoms. The lowest BCUT2D eigenvalue weighted by Crippen LogP contribution is -2.20. The van der Waals surface area contributed by atoms with Crippen LogP contribution in [0.3, 0.4) is 0 Å². The van der Waals surface area contributed by atoms with Crippen molar-refractivity contribution in [2.75, 3.05) is 5.32 Å². The highest BCUT2D eigenvalue weighted by atomic mass is 19.4. The van der Waals surface area contributed by atoms with Crippen LogP contribution in [0, 0.1) is 6.92 Å². The number of aryl methyl sites for hydroxylation is 3. The molecule has 0 saturated heterocycles. The van der Waals surface area contributed by atoms with E-state index in [-0.39, 0.29) is 11.1 Å². The fraction of sp³-hybridized carbons (Fsp3) is 0.276. The van der Waals surface area contributed by atoms with E-state index in [0.717, 1.165) is 47.1 Å². The first kappa shape index (κ1) is 27.6. The van der Waals surface area contributed by atoms with Crippen molar-refractivity contribution in [1.29, 1.82) is 0 Å². The first-order chi connectivity index (χ1) is 17.6. The second-order valence-corrected chi connectivity index (χ2v) is 8.47. The van der Waals surface area contributed by atoms with Crippen LogP contribution in [0.4, 0.5) is 18.9 Å². The summed E-state index contributed by atoms with van der Waals surface area (Å²) in [5.41, 5.74) is 2.73. The molecule has 0 atom stereocenters. The molecule has 194 valence electrons. The van der Waals surface area contributed by atoms with E-state index in [2.05, 4.69) is 17.2 Å². The maximum absolute atomic E-state index is 13.2. The molecule has 8 heteroatoms. The second-order valence-electron chi connectivity index (χ2n) is 8.47. The Hall–Kier alpha value is -3.94. The van der Waals surface area contributed by atoms with Crippen molar-refractivity contribution in [3.63, 3.8) is 0 Å². The fourth-order valence-electron chi connectivity index (χ4n) is 4.02. The van der Waals surface area contributed by atoms with Crippen LogP contribution in [0.15, 0.2) is 65.6 Å². The van der Waals surface area contributed by atoms with Crippen LogP contribution < -0.4 is 10.9 Å². The van der Waals surface area contributed by atoms with Crippen molar-refractivity contribution in [3.8, 4) is 11.1 Å². The van der Waals surface area contributed by atoms with Gasteiger partial charge in [0.2, 0.25) is 0 Å². The minimum Gasteiger partial charge on any atom is -0.322 e. The number of benzene rings is 2. The topological polar surface area (TPSA) is 64.0 Å². The lowest BCUT2D eigenvalue weighted by atomic mass is 9.99. The van der Waals surface area contributed by atoms with Gasteiger partial charge >= 0.3 is 6.18 Å². The summed E-state index contributed by atoms with van der Waals surface area (Å²) < 4.78 is 40.6. The summed E-state index contributed by atoms with van der Waals surface area (Å²) in [6, 6.07) is 13.0. The minimum atomic E-state index is -4.55. The zero-order chi connectivity index (χ0) is 27.3. The van der Waals surface area contributed by atoms with Gasteiger partial charge in [-0.1, -0.05) is 39.3 Å². The van der Waals surface area contributed by atoms with E-state index in [0.29, 0.717) is 16.8 Å². The molecule has 4 rings (SSSR count). The smallest absolute Gasteiger partial charge is 0.322 e. The number of aromatic nitrogens is 2. The van der Waals surface area contributed by atoms with Crippen LogP contribution >= 0.6 is 0 Å². The standard InChI is InChI=1S/C27H24F3N3O2.C2H6/c1-4-6-20-14-24-18(15-31-20)12-23(26(35)33(24)3)22-13-21(10-9-16(22)2)32-25(34)17-7-5-8-19(11-17)27(28,29)30;1-2/h5,7-15H,4,6H2,1-3H3,(H,32,34);1-2H3. The first-order valence-corrected chi connectivity index (χ1v) is 12.2. The average Bonchev–Trinajstić information content (AvgIpc) is 2.88. The number of amides is 1. The number of nitrogens with zero attached hydrogens (tertiary/aromatic N) is 2. The van der Waals surface area contributed by atoms with Crippen LogP contribution in [-0.4, -0.2) is 15.5 Å². The molecule has 1 N–H and O–H groups in total. The largest absolute Gasteiger partial charge is 0.416 e. The van der Waals surface area contributed by atoms with Crippen LogP contribution in [0.25, 0.3) is 22.0 Å². The number of fused-ring (bicyclic) bond motifs is 1. The van der Waals surface area contributed by atoms with Gasteiger partial charge in [0.1, 0.15) is 0 Å². The van der Waals surface area contributed by atoms with E-state index in [4.69, 9.17) is 0 Å².